The second-order valence-corrected chi connectivity index (χ2v) is 6.41. The molecule has 1 N–H and O–H groups in total. The van der Waals surface area contributed by atoms with Gasteiger partial charge in [-0.2, -0.15) is 0 Å². The molecule has 1 heterocycles. The Morgan fingerprint density at radius 3 is 2.68 bits per heavy atom. The largest absolute Gasteiger partial charge is 0.484 e. The van der Waals surface area contributed by atoms with Gasteiger partial charge in [0.25, 0.3) is 5.91 Å². The van der Waals surface area contributed by atoms with E-state index in [1.165, 1.54) is 25.9 Å². The van der Waals surface area contributed by atoms with Crippen LogP contribution < -0.4 is 10.1 Å². The van der Waals surface area contributed by atoms with Crippen LogP contribution in [-0.4, -0.2) is 43.6 Å². The monoisotopic (exact) mass is 324 g/mol. The Balaban J connectivity index is 1.53. The minimum atomic E-state index is -0.0813. The minimum absolute atomic E-state index is 0.0445. The molecule has 1 saturated heterocycles. The number of likely N-dealkylation sites (tertiary alicyclic amines) is 1. The maximum atomic E-state index is 11.7. The van der Waals surface area contributed by atoms with Crippen LogP contribution >= 0.6 is 11.6 Å². The molecule has 0 saturated carbocycles. The van der Waals surface area contributed by atoms with Gasteiger partial charge in [-0.1, -0.05) is 18.5 Å². The molecule has 0 aromatic heterocycles. The van der Waals surface area contributed by atoms with E-state index in [2.05, 4.69) is 17.1 Å². The summed E-state index contributed by atoms with van der Waals surface area (Å²) in [5, 5.41) is 3.55. The summed E-state index contributed by atoms with van der Waals surface area (Å²) in [6, 6.07) is 7.00. The molecule has 0 atom stereocenters. The highest BCUT2D eigenvalue weighted by atomic mass is 35.5. The lowest BCUT2D eigenvalue weighted by Crippen LogP contribution is -2.36. The molecule has 1 aromatic carbocycles. The number of nitrogens with one attached hydrogen (secondary N) is 1. The zero-order chi connectivity index (χ0) is 15.8. The molecule has 0 radical (unpaired) electrons. The van der Waals surface area contributed by atoms with Crippen molar-refractivity contribution in [1.29, 1.82) is 0 Å². The molecule has 0 bridgehead atoms. The van der Waals surface area contributed by atoms with E-state index in [4.69, 9.17) is 16.3 Å². The van der Waals surface area contributed by atoms with Crippen LogP contribution in [0.2, 0.25) is 5.02 Å². The van der Waals surface area contributed by atoms with Crippen molar-refractivity contribution in [3.05, 3.63) is 29.3 Å². The Kier molecular flexibility index (Phi) is 7.00. The van der Waals surface area contributed by atoms with Crippen LogP contribution in [0.5, 0.6) is 5.75 Å². The van der Waals surface area contributed by atoms with Gasteiger partial charge < -0.3 is 15.0 Å². The third-order valence-corrected chi connectivity index (χ3v) is 4.29. The Morgan fingerprint density at radius 1 is 1.32 bits per heavy atom. The lowest BCUT2D eigenvalue weighted by atomic mass is 9.99. The zero-order valence-corrected chi connectivity index (χ0v) is 13.9. The van der Waals surface area contributed by atoms with Crippen molar-refractivity contribution in [3.63, 3.8) is 0 Å². The van der Waals surface area contributed by atoms with E-state index < -0.39 is 0 Å². The number of hydrogen-bond donors (Lipinski definition) is 1. The number of benzene rings is 1. The van der Waals surface area contributed by atoms with Gasteiger partial charge in [-0.15, -0.1) is 0 Å². The number of carbonyl (C=O) groups is 1. The number of carbonyl (C=O) groups excluding carboxylic acids is 1. The molecule has 1 aromatic rings. The summed E-state index contributed by atoms with van der Waals surface area (Å²) in [5.74, 6) is 1.44. The molecule has 2 rings (SSSR count). The van der Waals surface area contributed by atoms with Crippen molar-refractivity contribution >= 4 is 17.5 Å². The molecular formula is C17H25ClN2O2. The topological polar surface area (TPSA) is 41.6 Å². The SMILES string of the molecule is CC1CCN(CCCNC(=O)COc2ccc(Cl)cc2)CC1. The molecule has 0 aliphatic carbocycles. The van der Waals surface area contributed by atoms with Crippen molar-refractivity contribution in [2.75, 3.05) is 32.8 Å². The van der Waals surface area contributed by atoms with Gasteiger partial charge in [-0.25, -0.2) is 0 Å². The van der Waals surface area contributed by atoms with Crippen molar-refractivity contribution in [1.82, 2.24) is 10.2 Å². The first-order valence-corrected chi connectivity index (χ1v) is 8.38. The number of halogens is 1. The van der Waals surface area contributed by atoms with Gasteiger partial charge in [0, 0.05) is 11.6 Å². The number of piperidine rings is 1. The Hall–Kier alpha value is -1.26. The highest BCUT2D eigenvalue weighted by molar-refractivity contribution is 6.30. The summed E-state index contributed by atoms with van der Waals surface area (Å²) in [5.41, 5.74) is 0. The first-order valence-electron chi connectivity index (χ1n) is 8.01. The fourth-order valence-corrected chi connectivity index (χ4v) is 2.67. The van der Waals surface area contributed by atoms with Crippen molar-refractivity contribution in [3.8, 4) is 5.75 Å². The molecule has 1 fully saturated rings. The van der Waals surface area contributed by atoms with Gasteiger partial charge in [-0.3, -0.25) is 4.79 Å². The van der Waals surface area contributed by atoms with Crippen LogP contribution in [0.15, 0.2) is 24.3 Å². The van der Waals surface area contributed by atoms with Gasteiger partial charge in [-0.05, 0) is 69.1 Å². The second-order valence-electron chi connectivity index (χ2n) is 5.97. The van der Waals surface area contributed by atoms with Gasteiger partial charge in [0.2, 0.25) is 0 Å². The van der Waals surface area contributed by atoms with Crippen LogP contribution in [0, 0.1) is 5.92 Å². The van der Waals surface area contributed by atoms with Crippen LogP contribution in [0.25, 0.3) is 0 Å². The maximum absolute atomic E-state index is 11.7. The van der Waals surface area contributed by atoms with Crippen molar-refractivity contribution in [2.45, 2.75) is 26.2 Å². The molecule has 122 valence electrons. The summed E-state index contributed by atoms with van der Waals surface area (Å²) in [6.45, 7) is 6.50. The number of rotatable bonds is 7. The average molecular weight is 325 g/mol. The van der Waals surface area contributed by atoms with E-state index in [9.17, 15) is 4.79 Å². The van der Waals surface area contributed by atoms with Crippen LogP contribution in [-0.2, 0) is 4.79 Å². The van der Waals surface area contributed by atoms with Crippen LogP contribution in [0.3, 0.4) is 0 Å². The predicted octanol–water partition coefficient (Wildman–Crippen LogP) is 2.96. The molecule has 4 nitrogen and oxygen atoms in total. The van der Waals surface area contributed by atoms with Gasteiger partial charge in [0.1, 0.15) is 5.75 Å². The molecule has 1 aliphatic rings. The number of ether oxygens (including phenoxy) is 1. The van der Waals surface area contributed by atoms with Crippen LogP contribution in [0.4, 0.5) is 0 Å². The quantitative estimate of drug-likeness (QED) is 0.784. The maximum Gasteiger partial charge on any atom is 0.257 e. The minimum Gasteiger partial charge on any atom is -0.484 e. The number of amides is 1. The normalized spacial score (nSPS) is 16.5. The third-order valence-electron chi connectivity index (χ3n) is 4.03. The Bertz CT molecular complexity index is 456. The number of hydrogen-bond acceptors (Lipinski definition) is 3. The van der Waals surface area contributed by atoms with E-state index in [0.717, 1.165) is 18.9 Å². The third kappa shape index (κ3) is 6.24. The smallest absolute Gasteiger partial charge is 0.257 e. The molecule has 0 spiro atoms. The van der Waals surface area contributed by atoms with E-state index in [0.29, 0.717) is 17.3 Å². The summed E-state index contributed by atoms with van der Waals surface area (Å²) in [6.07, 6.45) is 3.57. The highest BCUT2D eigenvalue weighted by Crippen LogP contribution is 2.16. The van der Waals surface area contributed by atoms with Crippen molar-refractivity contribution < 1.29 is 9.53 Å². The van der Waals surface area contributed by atoms with E-state index in [1.807, 2.05) is 0 Å². The molecule has 1 aliphatic heterocycles. The Labute approximate surface area is 137 Å². The lowest BCUT2D eigenvalue weighted by molar-refractivity contribution is -0.123. The summed E-state index contributed by atoms with van der Waals surface area (Å²) >= 11 is 5.79. The summed E-state index contributed by atoms with van der Waals surface area (Å²) in [4.78, 5) is 14.2. The molecule has 22 heavy (non-hydrogen) atoms. The molecule has 5 heteroatoms. The molecule has 0 unspecified atom stereocenters. The van der Waals surface area contributed by atoms with Gasteiger partial charge >= 0.3 is 0 Å². The van der Waals surface area contributed by atoms with E-state index >= 15 is 0 Å². The zero-order valence-electron chi connectivity index (χ0n) is 13.2. The first-order chi connectivity index (χ1) is 10.6. The fraction of sp³-hybridized carbons (Fsp3) is 0.588. The van der Waals surface area contributed by atoms with E-state index in [-0.39, 0.29) is 12.5 Å². The lowest BCUT2D eigenvalue weighted by Gasteiger charge is -2.30. The molecular weight excluding hydrogens is 300 g/mol. The van der Waals surface area contributed by atoms with Gasteiger partial charge in [0.05, 0.1) is 0 Å². The first kappa shape index (κ1) is 17.1. The highest BCUT2D eigenvalue weighted by Gasteiger charge is 2.14. The fourth-order valence-electron chi connectivity index (χ4n) is 2.55. The predicted molar refractivity (Wildman–Crippen MR) is 89.4 cm³/mol. The second kappa shape index (κ2) is 9.01. The van der Waals surface area contributed by atoms with Crippen LogP contribution in [0.1, 0.15) is 26.2 Å². The Morgan fingerprint density at radius 2 is 2.00 bits per heavy atom. The van der Waals surface area contributed by atoms with Crippen molar-refractivity contribution in [2.24, 2.45) is 5.92 Å². The average Bonchev–Trinajstić information content (AvgIpc) is 2.53. The summed E-state index contributed by atoms with van der Waals surface area (Å²) < 4.78 is 5.40. The molecule has 1 amide bonds. The number of nitrogens with zero attached hydrogens (tertiary/aromatic N) is 1. The van der Waals surface area contributed by atoms with E-state index in [1.54, 1.807) is 24.3 Å². The summed E-state index contributed by atoms with van der Waals surface area (Å²) in [7, 11) is 0. The van der Waals surface area contributed by atoms with Gasteiger partial charge in [0.15, 0.2) is 6.61 Å². The standard InChI is InChI=1S/C17H25ClN2O2/c1-14-7-11-20(12-8-14)10-2-9-19-17(21)13-22-16-5-3-15(18)4-6-16/h3-6,14H,2,7-13H2,1H3,(H,19,21).